The molecule has 3 rings (SSSR count). The zero-order valence-corrected chi connectivity index (χ0v) is 16.0. The molecular formula is C19H22N2O3S2. The first-order valence-electron chi connectivity index (χ1n) is 8.68. The molecule has 0 aliphatic heterocycles. The number of anilines is 1. The highest BCUT2D eigenvalue weighted by Gasteiger charge is 2.21. The van der Waals surface area contributed by atoms with Gasteiger partial charge in [-0.1, -0.05) is 25.3 Å². The van der Waals surface area contributed by atoms with Gasteiger partial charge in [0.25, 0.3) is 0 Å². The number of sulfonamides is 1. The van der Waals surface area contributed by atoms with Crippen LogP contribution in [0.25, 0.3) is 6.08 Å². The van der Waals surface area contributed by atoms with Crippen LogP contribution in [0.4, 0.5) is 5.69 Å². The maximum atomic E-state index is 12.5. The summed E-state index contributed by atoms with van der Waals surface area (Å²) in [5, 5.41) is 4.67. The highest BCUT2D eigenvalue weighted by molar-refractivity contribution is 7.89. The summed E-state index contributed by atoms with van der Waals surface area (Å²) in [5.74, 6) is -0.255. The van der Waals surface area contributed by atoms with Gasteiger partial charge in [0.05, 0.1) is 4.90 Å². The lowest BCUT2D eigenvalue weighted by Crippen LogP contribution is -2.36. The predicted octanol–water partition coefficient (Wildman–Crippen LogP) is 4.01. The Morgan fingerprint density at radius 1 is 1.08 bits per heavy atom. The van der Waals surface area contributed by atoms with E-state index in [4.69, 9.17) is 0 Å². The summed E-state index contributed by atoms with van der Waals surface area (Å²) in [6.07, 6.45) is 8.30. The number of hydrogen-bond donors (Lipinski definition) is 2. The van der Waals surface area contributed by atoms with Gasteiger partial charge in [-0.3, -0.25) is 4.79 Å². The Morgan fingerprint density at radius 3 is 2.46 bits per heavy atom. The zero-order valence-electron chi connectivity index (χ0n) is 14.4. The van der Waals surface area contributed by atoms with E-state index >= 15 is 0 Å². The van der Waals surface area contributed by atoms with E-state index in [1.807, 2.05) is 17.5 Å². The Bertz CT molecular complexity index is 851. The van der Waals surface area contributed by atoms with E-state index in [9.17, 15) is 13.2 Å². The minimum Gasteiger partial charge on any atom is -0.323 e. The van der Waals surface area contributed by atoms with E-state index in [2.05, 4.69) is 10.0 Å². The summed E-state index contributed by atoms with van der Waals surface area (Å²) >= 11 is 1.55. The van der Waals surface area contributed by atoms with Gasteiger partial charge in [-0.05, 0) is 54.6 Å². The van der Waals surface area contributed by atoms with Crippen LogP contribution in [0.15, 0.2) is 52.7 Å². The number of thiophene rings is 1. The molecule has 0 bridgehead atoms. The van der Waals surface area contributed by atoms with Crippen molar-refractivity contribution in [3.8, 4) is 0 Å². The number of amides is 1. The minimum atomic E-state index is -3.52. The van der Waals surface area contributed by atoms with E-state index in [0.29, 0.717) is 5.69 Å². The highest BCUT2D eigenvalue weighted by Crippen LogP contribution is 2.21. The zero-order chi connectivity index (χ0) is 18.4. The average molecular weight is 391 g/mol. The molecule has 1 saturated carbocycles. The van der Waals surface area contributed by atoms with Crippen molar-refractivity contribution < 1.29 is 13.2 Å². The smallest absolute Gasteiger partial charge is 0.248 e. The van der Waals surface area contributed by atoms with Crippen molar-refractivity contribution >= 4 is 39.0 Å². The summed E-state index contributed by atoms with van der Waals surface area (Å²) in [6.45, 7) is 0. The Balaban J connectivity index is 1.59. The van der Waals surface area contributed by atoms with Crippen LogP contribution >= 0.6 is 11.3 Å². The third-order valence-corrected chi connectivity index (χ3v) is 6.68. The molecule has 0 unspecified atom stereocenters. The summed E-state index contributed by atoms with van der Waals surface area (Å²) < 4.78 is 27.7. The fourth-order valence-electron chi connectivity index (χ4n) is 2.95. The Hall–Kier alpha value is -1.96. The van der Waals surface area contributed by atoms with Gasteiger partial charge in [0.15, 0.2) is 0 Å². The van der Waals surface area contributed by atoms with Crippen molar-refractivity contribution in [2.45, 2.75) is 43.0 Å². The van der Waals surface area contributed by atoms with E-state index < -0.39 is 10.0 Å². The van der Waals surface area contributed by atoms with Crippen LogP contribution in [0.3, 0.4) is 0 Å². The molecular weight excluding hydrogens is 368 g/mol. The molecule has 0 atom stereocenters. The first-order valence-corrected chi connectivity index (χ1v) is 11.0. The molecule has 1 aliphatic carbocycles. The maximum absolute atomic E-state index is 12.5. The van der Waals surface area contributed by atoms with Gasteiger partial charge in [0.2, 0.25) is 15.9 Å². The number of benzene rings is 1. The number of carbonyl (C=O) groups excluding carboxylic acids is 1. The van der Waals surface area contributed by atoms with Crippen molar-refractivity contribution in [3.63, 3.8) is 0 Å². The first-order chi connectivity index (χ1) is 12.5. The van der Waals surface area contributed by atoms with Crippen LogP contribution in [0.5, 0.6) is 0 Å². The normalized spacial score (nSPS) is 16.0. The Kier molecular flexibility index (Phi) is 6.24. The second-order valence-corrected chi connectivity index (χ2v) is 9.01. The molecule has 1 aromatic carbocycles. The molecule has 0 radical (unpaired) electrons. The topological polar surface area (TPSA) is 75.3 Å². The molecule has 5 nitrogen and oxygen atoms in total. The van der Waals surface area contributed by atoms with E-state index in [-0.39, 0.29) is 16.8 Å². The molecule has 7 heteroatoms. The van der Waals surface area contributed by atoms with Crippen molar-refractivity contribution in [2.24, 2.45) is 0 Å². The Morgan fingerprint density at radius 2 is 1.81 bits per heavy atom. The van der Waals surface area contributed by atoms with E-state index in [1.165, 1.54) is 24.6 Å². The van der Waals surface area contributed by atoms with Crippen LogP contribution in [0.2, 0.25) is 0 Å². The van der Waals surface area contributed by atoms with Crippen LogP contribution in [0.1, 0.15) is 37.0 Å². The lowest BCUT2D eigenvalue weighted by molar-refractivity contribution is -0.111. The molecule has 26 heavy (non-hydrogen) atoms. The summed E-state index contributed by atoms with van der Waals surface area (Å²) in [7, 11) is -3.52. The monoisotopic (exact) mass is 390 g/mol. The standard InChI is InChI=1S/C19H22N2O3S2/c22-19(13-10-17-7-4-14-25-17)20-15-8-11-18(12-9-15)26(23,24)21-16-5-2-1-3-6-16/h4,7-14,16,21H,1-3,5-6H2,(H,20,22)/b13-10+. The average Bonchev–Trinajstić information content (AvgIpc) is 3.14. The SMILES string of the molecule is O=C(/C=C/c1cccs1)Nc1ccc(S(=O)(=O)NC2CCCCC2)cc1. The third kappa shape index (κ3) is 5.27. The number of carbonyl (C=O) groups is 1. The molecule has 1 amide bonds. The molecule has 1 fully saturated rings. The van der Waals surface area contributed by atoms with E-state index in [0.717, 1.165) is 30.6 Å². The number of nitrogens with one attached hydrogen (secondary N) is 2. The molecule has 0 saturated heterocycles. The van der Waals surface area contributed by atoms with Crippen molar-refractivity contribution in [1.29, 1.82) is 0 Å². The van der Waals surface area contributed by atoms with Gasteiger partial charge >= 0.3 is 0 Å². The maximum Gasteiger partial charge on any atom is 0.248 e. The van der Waals surface area contributed by atoms with E-state index in [1.54, 1.807) is 29.5 Å². The van der Waals surface area contributed by atoms with Crippen LogP contribution in [0, 0.1) is 0 Å². The fourth-order valence-corrected chi connectivity index (χ4v) is 4.88. The summed E-state index contributed by atoms with van der Waals surface area (Å²) in [5.41, 5.74) is 0.558. The quantitative estimate of drug-likeness (QED) is 0.732. The van der Waals surface area contributed by atoms with Crippen molar-refractivity contribution in [1.82, 2.24) is 4.72 Å². The molecule has 2 N–H and O–H groups in total. The number of rotatable bonds is 6. The molecule has 0 spiro atoms. The predicted molar refractivity (Wildman–Crippen MR) is 106 cm³/mol. The minimum absolute atomic E-state index is 0.0236. The van der Waals surface area contributed by atoms with Gasteiger partial charge < -0.3 is 5.32 Å². The second-order valence-electron chi connectivity index (χ2n) is 6.32. The first kappa shape index (κ1) is 18.8. The lowest BCUT2D eigenvalue weighted by atomic mass is 9.96. The van der Waals surface area contributed by atoms with Gasteiger partial charge in [-0.2, -0.15) is 0 Å². The molecule has 1 heterocycles. The largest absolute Gasteiger partial charge is 0.323 e. The number of hydrogen-bond acceptors (Lipinski definition) is 4. The molecule has 2 aromatic rings. The molecule has 1 aliphatic rings. The van der Waals surface area contributed by atoms with Gasteiger partial charge in [0.1, 0.15) is 0 Å². The van der Waals surface area contributed by atoms with Crippen LogP contribution in [-0.2, 0) is 14.8 Å². The summed E-state index contributed by atoms with van der Waals surface area (Å²) in [4.78, 5) is 13.1. The van der Waals surface area contributed by atoms with Crippen LogP contribution < -0.4 is 10.0 Å². The summed E-state index contributed by atoms with van der Waals surface area (Å²) in [6, 6.07) is 10.1. The lowest BCUT2D eigenvalue weighted by Gasteiger charge is -2.22. The molecule has 1 aromatic heterocycles. The highest BCUT2D eigenvalue weighted by atomic mass is 32.2. The second kappa shape index (κ2) is 8.62. The van der Waals surface area contributed by atoms with Gasteiger partial charge in [-0.15, -0.1) is 11.3 Å². The van der Waals surface area contributed by atoms with Crippen molar-refractivity contribution in [3.05, 3.63) is 52.7 Å². The van der Waals surface area contributed by atoms with Gasteiger partial charge in [-0.25, -0.2) is 13.1 Å². The Labute approximate surface area is 158 Å². The third-order valence-electron chi connectivity index (χ3n) is 4.30. The van der Waals surface area contributed by atoms with Crippen molar-refractivity contribution in [2.75, 3.05) is 5.32 Å². The fraction of sp³-hybridized carbons (Fsp3) is 0.316. The van der Waals surface area contributed by atoms with Gasteiger partial charge in [0, 0.05) is 22.7 Å². The van der Waals surface area contributed by atoms with Crippen LogP contribution in [-0.4, -0.2) is 20.4 Å². The molecule has 138 valence electrons.